The van der Waals surface area contributed by atoms with Crippen LogP contribution < -0.4 is 11.1 Å². The van der Waals surface area contributed by atoms with Crippen molar-refractivity contribution in [3.63, 3.8) is 0 Å². The van der Waals surface area contributed by atoms with E-state index in [0.717, 1.165) is 6.42 Å². The fraction of sp³-hybridized carbons (Fsp3) is 0.733. The molecule has 0 spiro atoms. The predicted molar refractivity (Wildman–Crippen MR) is 92.4 cm³/mol. The van der Waals surface area contributed by atoms with Crippen LogP contribution in [0.1, 0.15) is 33.6 Å². The number of alkyl halides is 3. The van der Waals surface area contributed by atoms with E-state index in [1.165, 1.54) is 18.7 Å². The number of carbonyl (C=O) groups is 3. The van der Waals surface area contributed by atoms with Crippen molar-refractivity contribution in [1.82, 2.24) is 10.2 Å². The van der Waals surface area contributed by atoms with Crippen LogP contribution in [0.4, 0.5) is 13.2 Å². The number of thioether (sulfide) groups is 1. The largest absolute Gasteiger partial charge is 0.490 e. The van der Waals surface area contributed by atoms with E-state index in [1.54, 1.807) is 4.90 Å². The van der Waals surface area contributed by atoms with Crippen molar-refractivity contribution in [3.05, 3.63) is 0 Å². The molecule has 12 heteroatoms. The second kappa shape index (κ2) is 10.4. The molecule has 4 N–H and O–H groups in total. The number of nitrogens with zero attached hydrogens (tertiary/aromatic N) is 2. The molecule has 1 saturated heterocycles. The molecule has 8 nitrogen and oxygen atoms in total. The average Bonchev–Trinajstić information content (AvgIpc) is 3.01. The Bertz CT molecular complexity index is 593. The number of rotatable bonds is 5. The highest BCUT2D eigenvalue weighted by atomic mass is 32.2. The Labute approximate surface area is 159 Å². The van der Waals surface area contributed by atoms with Gasteiger partial charge in [0.25, 0.3) is 0 Å². The van der Waals surface area contributed by atoms with Crippen LogP contribution in [0.2, 0.25) is 0 Å². The Morgan fingerprint density at radius 3 is 2.33 bits per heavy atom. The number of nitriles is 1. The van der Waals surface area contributed by atoms with Crippen molar-refractivity contribution < 1.29 is 32.7 Å². The van der Waals surface area contributed by atoms with E-state index < -0.39 is 22.9 Å². The van der Waals surface area contributed by atoms with E-state index in [0.29, 0.717) is 18.8 Å². The fourth-order valence-corrected chi connectivity index (χ4v) is 2.98. The van der Waals surface area contributed by atoms with Crippen LogP contribution in [0, 0.1) is 11.3 Å². The van der Waals surface area contributed by atoms with Gasteiger partial charge in [0.2, 0.25) is 11.8 Å². The maximum Gasteiger partial charge on any atom is 0.490 e. The van der Waals surface area contributed by atoms with Crippen LogP contribution in [-0.2, 0) is 14.4 Å². The van der Waals surface area contributed by atoms with Crippen molar-refractivity contribution >= 4 is 29.5 Å². The number of hydrogen-bond donors (Lipinski definition) is 3. The summed E-state index contributed by atoms with van der Waals surface area (Å²) in [7, 11) is 0. The molecule has 1 fully saturated rings. The maximum absolute atomic E-state index is 12.4. The minimum atomic E-state index is -5.08. The second-order valence-corrected chi connectivity index (χ2v) is 7.85. The van der Waals surface area contributed by atoms with Gasteiger partial charge in [0.05, 0.1) is 18.0 Å². The van der Waals surface area contributed by atoms with Gasteiger partial charge in [0, 0.05) is 18.2 Å². The molecule has 0 aromatic rings. The van der Waals surface area contributed by atoms with E-state index in [9.17, 15) is 22.8 Å². The molecule has 1 aliphatic rings. The molecule has 0 radical (unpaired) electrons. The van der Waals surface area contributed by atoms with Crippen LogP contribution in [-0.4, -0.2) is 63.2 Å². The normalized spacial score (nSPS) is 18.0. The zero-order chi connectivity index (χ0) is 21.4. The molecule has 0 aromatic heterocycles. The lowest BCUT2D eigenvalue weighted by atomic mass is 10.0. The minimum absolute atomic E-state index is 0.114. The summed E-state index contributed by atoms with van der Waals surface area (Å²) in [6.45, 7) is 5.79. The summed E-state index contributed by atoms with van der Waals surface area (Å²) in [6, 6.07) is 1.09. The molecule has 2 atom stereocenters. The van der Waals surface area contributed by atoms with Gasteiger partial charge in [-0.2, -0.15) is 18.4 Å². The SMILES string of the molecule is CC(=O)NCSC(C)(C)[C@H](N)C(=O)N1CCC[C@H]1C#N.O=C(O)C(F)(F)F. The predicted octanol–water partition coefficient (Wildman–Crippen LogP) is 1.07. The Morgan fingerprint density at radius 1 is 1.41 bits per heavy atom. The first-order valence-electron chi connectivity index (χ1n) is 7.88. The van der Waals surface area contributed by atoms with Gasteiger partial charge >= 0.3 is 12.1 Å². The molecule has 0 bridgehead atoms. The molecule has 0 saturated carbocycles. The van der Waals surface area contributed by atoms with Gasteiger partial charge in [0.1, 0.15) is 6.04 Å². The number of aliphatic carboxylic acids is 1. The number of carboxylic acids is 1. The van der Waals surface area contributed by atoms with E-state index in [1.807, 2.05) is 13.8 Å². The highest BCUT2D eigenvalue weighted by Gasteiger charge is 2.39. The van der Waals surface area contributed by atoms with E-state index in [-0.39, 0.29) is 17.9 Å². The molecule has 154 valence electrons. The van der Waals surface area contributed by atoms with Gasteiger partial charge in [-0.05, 0) is 26.7 Å². The Balaban J connectivity index is 0.000000821. The summed E-state index contributed by atoms with van der Waals surface area (Å²) in [4.78, 5) is 33.7. The van der Waals surface area contributed by atoms with Gasteiger partial charge in [0.15, 0.2) is 0 Å². The highest BCUT2D eigenvalue weighted by molar-refractivity contribution is 8.00. The van der Waals surface area contributed by atoms with Gasteiger partial charge in [-0.15, -0.1) is 11.8 Å². The highest BCUT2D eigenvalue weighted by Crippen LogP contribution is 2.29. The van der Waals surface area contributed by atoms with Gasteiger partial charge in [-0.1, -0.05) is 0 Å². The van der Waals surface area contributed by atoms with Gasteiger partial charge in [-0.25, -0.2) is 4.79 Å². The van der Waals surface area contributed by atoms with Crippen molar-refractivity contribution in [2.24, 2.45) is 5.73 Å². The number of likely N-dealkylation sites (tertiary alicyclic amines) is 1. The molecule has 0 aliphatic carbocycles. The first kappa shape index (κ1) is 25.0. The van der Waals surface area contributed by atoms with Crippen molar-refractivity contribution in [3.8, 4) is 6.07 Å². The van der Waals surface area contributed by atoms with E-state index >= 15 is 0 Å². The number of carbonyl (C=O) groups excluding carboxylic acids is 2. The molecule has 0 aromatic carbocycles. The van der Waals surface area contributed by atoms with Crippen molar-refractivity contribution in [1.29, 1.82) is 5.26 Å². The lowest BCUT2D eigenvalue weighted by Crippen LogP contribution is -2.54. The third-order valence-electron chi connectivity index (χ3n) is 3.71. The number of amides is 2. The number of halogens is 3. The Morgan fingerprint density at radius 2 is 1.93 bits per heavy atom. The first-order chi connectivity index (χ1) is 12.2. The summed E-state index contributed by atoms with van der Waals surface area (Å²) in [5.74, 6) is -2.65. The molecular weight excluding hydrogens is 389 g/mol. The molecule has 1 aliphatic heterocycles. The van der Waals surface area contributed by atoms with Crippen molar-refractivity contribution in [2.75, 3.05) is 12.4 Å². The van der Waals surface area contributed by atoms with Gasteiger partial charge in [-0.3, -0.25) is 9.59 Å². The summed E-state index contributed by atoms with van der Waals surface area (Å²) >= 11 is 1.42. The smallest absolute Gasteiger partial charge is 0.475 e. The van der Waals surface area contributed by atoms with Crippen LogP contribution in [0.5, 0.6) is 0 Å². The standard InChI is InChI=1S/C13H22N4O2S.C2HF3O2/c1-9(18)16-8-20-13(2,3)11(15)12(19)17-6-4-5-10(17)7-14;3-2(4,5)1(6)7/h10-11H,4-6,8,15H2,1-3H3,(H,16,18);(H,6,7)/t10-,11+;/m0./s1. The fourth-order valence-electron chi connectivity index (χ4n) is 2.05. The number of nitrogens with two attached hydrogens (primary N) is 1. The quantitative estimate of drug-likeness (QED) is 0.575. The molecule has 2 amide bonds. The number of nitrogens with one attached hydrogen (secondary N) is 1. The second-order valence-electron chi connectivity index (χ2n) is 6.22. The van der Waals surface area contributed by atoms with Crippen LogP contribution in [0.15, 0.2) is 0 Å². The summed E-state index contributed by atoms with van der Waals surface area (Å²) in [5, 5.41) is 18.8. The first-order valence-corrected chi connectivity index (χ1v) is 8.86. The van der Waals surface area contributed by atoms with Crippen LogP contribution >= 0.6 is 11.8 Å². The monoisotopic (exact) mass is 412 g/mol. The number of hydrogen-bond acceptors (Lipinski definition) is 6. The lowest BCUT2D eigenvalue weighted by molar-refractivity contribution is -0.192. The number of carboxylic acid groups (broad SMARTS) is 1. The minimum Gasteiger partial charge on any atom is -0.475 e. The molecular formula is C15H23F3N4O4S. The van der Waals surface area contributed by atoms with Crippen LogP contribution in [0.3, 0.4) is 0 Å². The Kier molecular flexibility index (Phi) is 9.60. The van der Waals surface area contributed by atoms with Crippen LogP contribution in [0.25, 0.3) is 0 Å². The third-order valence-corrected chi connectivity index (χ3v) is 4.99. The third kappa shape index (κ3) is 8.49. The lowest BCUT2D eigenvalue weighted by Gasteiger charge is -2.33. The maximum atomic E-state index is 12.4. The van der Waals surface area contributed by atoms with E-state index in [2.05, 4.69) is 11.4 Å². The molecule has 1 heterocycles. The summed E-state index contributed by atoms with van der Waals surface area (Å²) in [5.41, 5.74) is 6.07. The van der Waals surface area contributed by atoms with Gasteiger partial charge < -0.3 is 21.1 Å². The Hall–Kier alpha value is -2.00. The van der Waals surface area contributed by atoms with Crippen molar-refractivity contribution in [2.45, 2.75) is 56.6 Å². The summed E-state index contributed by atoms with van der Waals surface area (Å²) in [6.07, 6.45) is -3.52. The van der Waals surface area contributed by atoms with E-state index in [4.69, 9.17) is 20.9 Å². The topological polar surface area (TPSA) is 137 Å². The zero-order valence-corrected chi connectivity index (χ0v) is 16.0. The molecule has 27 heavy (non-hydrogen) atoms. The molecule has 1 rings (SSSR count). The average molecular weight is 412 g/mol. The zero-order valence-electron chi connectivity index (χ0n) is 15.2. The molecule has 0 unspecified atom stereocenters. The summed E-state index contributed by atoms with van der Waals surface area (Å²) < 4.78 is 31.2.